The molecule has 0 heterocycles. The summed E-state index contributed by atoms with van der Waals surface area (Å²) in [4.78, 5) is 4.05. The Morgan fingerprint density at radius 2 is 1.21 bits per heavy atom. The average molecular weight is 399 g/mol. The van der Waals surface area contributed by atoms with Gasteiger partial charge >= 0.3 is 0 Å². The Morgan fingerprint density at radius 3 is 1.62 bits per heavy atom. The molecule has 2 aromatic rings. The van der Waals surface area contributed by atoms with Crippen LogP contribution in [0.1, 0.15) is 43.7 Å². The fourth-order valence-electron chi connectivity index (χ4n) is 4.22. The summed E-state index contributed by atoms with van der Waals surface area (Å²) in [5.41, 5.74) is 2.50. The lowest BCUT2D eigenvalue weighted by Crippen LogP contribution is -2.63. The van der Waals surface area contributed by atoms with Crippen molar-refractivity contribution in [3.05, 3.63) is 47.5 Å². The summed E-state index contributed by atoms with van der Waals surface area (Å²) in [6.07, 6.45) is -2.41. The molecule has 0 saturated heterocycles. The molecule has 3 rings (SSSR count). The molecule has 1 saturated carbocycles. The molecule has 1 aliphatic rings. The first-order valence-electron chi connectivity index (χ1n) is 10.3. The van der Waals surface area contributed by atoms with Crippen LogP contribution in [0.2, 0.25) is 0 Å². The predicted octanol–water partition coefficient (Wildman–Crippen LogP) is 1.74. The van der Waals surface area contributed by atoms with E-state index in [0.717, 1.165) is 31.0 Å². The average Bonchev–Trinajstić information content (AvgIpc) is 2.71. The van der Waals surface area contributed by atoms with Crippen molar-refractivity contribution in [2.75, 3.05) is 36.5 Å². The molecule has 0 aliphatic heterocycles. The van der Waals surface area contributed by atoms with Gasteiger partial charge in [-0.15, -0.1) is 12.2 Å². The highest BCUT2D eigenvalue weighted by molar-refractivity contribution is 5.57. The van der Waals surface area contributed by atoms with Crippen LogP contribution >= 0.6 is 0 Å². The lowest BCUT2D eigenvalue weighted by molar-refractivity contribution is -0.536. The first kappa shape index (κ1) is 21.3. The van der Waals surface area contributed by atoms with E-state index in [-0.39, 0.29) is 11.5 Å². The number of hydrogen-bond acceptors (Lipinski definition) is 6. The van der Waals surface area contributed by atoms with E-state index in [0.29, 0.717) is 11.1 Å². The van der Waals surface area contributed by atoms with Gasteiger partial charge in [-0.2, -0.15) is 0 Å². The number of phenolic OH excluding ortho intramolecular Hbond substituents is 2. The molecule has 158 valence electrons. The number of aromatic hydroxyl groups is 2. The summed E-state index contributed by atoms with van der Waals surface area (Å²) >= 11 is 0. The second-order valence-electron chi connectivity index (χ2n) is 7.65. The van der Waals surface area contributed by atoms with E-state index in [2.05, 4.69) is 4.90 Å². The van der Waals surface area contributed by atoms with Gasteiger partial charge in [0.2, 0.25) is 0 Å². The fraction of sp³-hybridized carbons (Fsp3) is 0.478. The van der Waals surface area contributed by atoms with Crippen molar-refractivity contribution in [3.63, 3.8) is 0 Å². The van der Waals surface area contributed by atoms with Crippen LogP contribution in [0, 0.1) is 0 Å². The van der Waals surface area contributed by atoms with Gasteiger partial charge in [0, 0.05) is 50.2 Å². The Morgan fingerprint density at radius 1 is 0.759 bits per heavy atom. The zero-order valence-corrected chi connectivity index (χ0v) is 17.5. The Kier molecular flexibility index (Phi) is 6.24. The van der Waals surface area contributed by atoms with Gasteiger partial charge in [-0.3, -0.25) is 0 Å². The second-order valence-corrected chi connectivity index (χ2v) is 7.65. The van der Waals surface area contributed by atoms with Crippen LogP contribution in [0.4, 0.5) is 11.4 Å². The molecule has 2 unspecified atom stereocenters. The fourth-order valence-corrected chi connectivity index (χ4v) is 4.22. The summed E-state index contributed by atoms with van der Waals surface area (Å²) < 4.78 is 0. The maximum atomic E-state index is 12.9. The molecule has 0 amide bonds. The van der Waals surface area contributed by atoms with Crippen LogP contribution in [0.25, 0.3) is 0 Å². The molecular weight excluding hydrogens is 368 g/mol. The third-order valence-electron chi connectivity index (χ3n) is 6.21. The Bertz CT molecular complexity index is 843. The number of phenols is 2. The molecule has 2 N–H and O–H groups in total. The molecule has 0 bridgehead atoms. The van der Waals surface area contributed by atoms with E-state index >= 15 is 0 Å². The summed E-state index contributed by atoms with van der Waals surface area (Å²) in [7, 11) is 1.91. The van der Waals surface area contributed by atoms with E-state index < -0.39 is 24.0 Å². The molecule has 0 radical (unpaired) electrons. The molecule has 0 spiro atoms. The normalized spacial score (nSPS) is 23.5. The van der Waals surface area contributed by atoms with Crippen molar-refractivity contribution in [3.8, 4) is 11.5 Å². The highest BCUT2D eigenvalue weighted by Gasteiger charge is 2.40. The van der Waals surface area contributed by atoms with Crippen molar-refractivity contribution < 1.29 is 20.4 Å². The van der Waals surface area contributed by atoms with E-state index in [1.165, 1.54) is 0 Å². The highest BCUT2D eigenvalue weighted by Crippen LogP contribution is 2.50. The monoisotopic (exact) mass is 398 g/mol. The van der Waals surface area contributed by atoms with E-state index in [1.807, 2.05) is 44.9 Å². The van der Waals surface area contributed by atoms with Crippen LogP contribution in [-0.4, -0.2) is 49.1 Å². The number of benzene rings is 2. The van der Waals surface area contributed by atoms with Gasteiger partial charge in [0.15, 0.2) is 0 Å². The molecule has 2 atom stereocenters. The standard InChI is InChI=1S/C23H30N2O4/c1-5-24(4)14-8-10-16(18(26)12-14)20-22(28)21(23(20)29)17-11-9-15(13-19(17)27)25(6-2)7-3/h8-13,20-23,26-27H,5-7H2,1-4H3/q-2. The van der Waals surface area contributed by atoms with Crippen LogP contribution in [0.3, 0.4) is 0 Å². The molecule has 1 fully saturated rings. The van der Waals surface area contributed by atoms with Crippen molar-refractivity contribution in [1.82, 2.24) is 0 Å². The van der Waals surface area contributed by atoms with E-state index in [9.17, 15) is 20.4 Å². The van der Waals surface area contributed by atoms with Gasteiger partial charge < -0.3 is 30.2 Å². The maximum Gasteiger partial charge on any atom is 0.121 e. The van der Waals surface area contributed by atoms with Gasteiger partial charge in [-0.05, 0) is 55.9 Å². The first-order chi connectivity index (χ1) is 13.8. The van der Waals surface area contributed by atoms with Crippen molar-refractivity contribution in [2.24, 2.45) is 0 Å². The van der Waals surface area contributed by atoms with Crippen molar-refractivity contribution in [2.45, 2.75) is 44.8 Å². The summed E-state index contributed by atoms with van der Waals surface area (Å²) in [5, 5.41) is 46.7. The summed E-state index contributed by atoms with van der Waals surface area (Å²) in [6.45, 7) is 8.45. The SMILES string of the molecule is CCN(C)c1ccc(C2C([O-])C(c3ccc(N(CC)CC)cc3O)C2[O-])c(O)c1. The van der Waals surface area contributed by atoms with E-state index in [4.69, 9.17) is 0 Å². The molecule has 6 nitrogen and oxygen atoms in total. The van der Waals surface area contributed by atoms with Crippen LogP contribution in [-0.2, 0) is 0 Å². The lowest BCUT2D eigenvalue weighted by Gasteiger charge is -2.61. The highest BCUT2D eigenvalue weighted by atomic mass is 16.3. The Labute approximate surface area is 172 Å². The van der Waals surface area contributed by atoms with Crippen LogP contribution in [0.5, 0.6) is 11.5 Å². The topological polar surface area (TPSA) is 93.1 Å². The predicted molar refractivity (Wildman–Crippen MR) is 112 cm³/mol. The summed E-state index contributed by atoms with van der Waals surface area (Å²) in [6, 6.07) is 10.3. The molecule has 29 heavy (non-hydrogen) atoms. The zero-order chi connectivity index (χ0) is 21.3. The third-order valence-corrected chi connectivity index (χ3v) is 6.21. The summed E-state index contributed by atoms with van der Waals surface area (Å²) in [5.74, 6) is -1.66. The Balaban J connectivity index is 1.83. The smallest absolute Gasteiger partial charge is 0.121 e. The number of nitrogens with zero attached hydrogens (tertiary/aromatic N) is 2. The largest absolute Gasteiger partial charge is 0.851 e. The van der Waals surface area contributed by atoms with Gasteiger partial charge in [0.05, 0.1) is 0 Å². The third kappa shape index (κ3) is 3.74. The Hall–Kier alpha value is -2.44. The first-order valence-corrected chi connectivity index (χ1v) is 10.3. The number of anilines is 2. The van der Waals surface area contributed by atoms with Gasteiger partial charge in [-0.25, -0.2) is 0 Å². The minimum Gasteiger partial charge on any atom is -0.851 e. The molecule has 1 aliphatic carbocycles. The van der Waals surface area contributed by atoms with Gasteiger partial charge in [0.25, 0.3) is 0 Å². The van der Waals surface area contributed by atoms with Gasteiger partial charge in [0.1, 0.15) is 11.5 Å². The van der Waals surface area contributed by atoms with Crippen LogP contribution in [0.15, 0.2) is 36.4 Å². The van der Waals surface area contributed by atoms with Gasteiger partial charge in [-0.1, -0.05) is 12.1 Å². The minimum atomic E-state index is -1.21. The van der Waals surface area contributed by atoms with Crippen molar-refractivity contribution >= 4 is 11.4 Å². The molecule has 0 aromatic heterocycles. The molecular formula is C23H30N2O4-2. The molecule has 2 aromatic carbocycles. The lowest BCUT2D eigenvalue weighted by atomic mass is 9.63. The maximum absolute atomic E-state index is 12.9. The quantitative estimate of drug-likeness (QED) is 0.738. The van der Waals surface area contributed by atoms with Crippen molar-refractivity contribution in [1.29, 1.82) is 0 Å². The van der Waals surface area contributed by atoms with E-state index in [1.54, 1.807) is 24.3 Å². The zero-order valence-electron chi connectivity index (χ0n) is 17.5. The van der Waals surface area contributed by atoms with Crippen LogP contribution < -0.4 is 20.0 Å². The number of hydrogen-bond donors (Lipinski definition) is 2. The second kappa shape index (κ2) is 8.51. The molecule has 6 heteroatoms. The minimum absolute atomic E-state index is 0.0105. The number of rotatable bonds is 7.